The van der Waals surface area contributed by atoms with E-state index >= 15 is 0 Å². The molecular formula is C12H16BrF2N. The molecule has 4 heteroatoms. The maximum Gasteiger partial charge on any atom is 0.145 e. The molecule has 0 bridgehead atoms. The first-order valence-corrected chi connectivity index (χ1v) is 6.21. The Hall–Kier alpha value is -0.480. The predicted octanol–water partition coefficient (Wildman–Crippen LogP) is 4.18. The van der Waals surface area contributed by atoms with Gasteiger partial charge in [-0.15, -0.1) is 0 Å². The molecule has 0 saturated heterocycles. The van der Waals surface area contributed by atoms with Gasteiger partial charge in [-0.25, -0.2) is 8.78 Å². The van der Waals surface area contributed by atoms with Gasteiger partial charge in [0.25, 0.3) is 0 Å². The van der Waals surface area contributed by atoms with Crippen molar-refractivity contribution in [3.8, 4) is 0 Å². The Morgan fingerprint density at radius 1 is 1.38 bits per heavy atom. The fourth-order valence-electron chi connectivity index (χ4n) is 1.70. The average Bonchev–Trinajstić information content (AvgIpc) is 2.28. The van der Waals surface area contributed by atoms with Gasteiger partial charge in [-0.05, 0) is 41.5 Å². The van der Waals surface area contributed by atoms with Crippen LogP contribution in [0.25, 0.3) is 0 Å². The number of hydrogen-bond acceptors (Lipinski definition) is 1. The van der Waals surface area contributed by atoms with Crippen LogP contribution in [-0.2, 0) is 0 Å². The lowest BCUT2D eigenvalue weighted by Gasteiger charge is -2.18. The van der Waals surface area contributed by atoms with E-state index in [1.54, 1.807) is 7.05 Å². The Kier molecular flexibility index (Phi) is 5.35. The lowest BCUT2D eigenvalue weighted by Crippen LogP contribution is -2.19. The van der Waals surface area contributed by atoms with E-state index in [0.717, 1.165) is 19.3 Å². The maximum atomic E-state index is 13.8. The monoisotopic (exact) mass is 291 g/mol. The van der Waals surface area contributed by atoms with Crippen molar-refractivity contribution in [3.63, 3.8) is 0 Å². The van der Waals surface area contributed by atoms with Gasteiger partial charge in [0.1, 0.15) is 11.6 Å². The molecule has 0 fully saturated rings. The molecule has 1 nitrogen and oxygen atoms in total. The van der Waals surface area contributed by atoms with Crippen LogP contribution < -0.4 is 5.32 Å². The summed E-state index contributed by atoms with van der Waals surface area (Å²) in [5, 5.41) is 2.96. The van der Waals surface area contributed by atoms with Crippen LogP contribution in [0.3, 0.4) is 0 Å². The van der Waals surface area contributed by atoms with Crippen molar-refractivity contribution in [1.82, 2.24) is 5.32 Å². The van der Waals surface area contributed by atoms with Crippen molar-refractivity contribution >= 4 is 15.9 Å². The van der Waals surface area contributed by atoms with Gasteiger partial charge in [0, 0.05) is 11.6 Å². The molecule has 1 atom stereocenters. The zero-order valence-electron chi connectivity index (χ0n) is 9.49. The number of rotatable bonds is 5. The second-order valence-electron chi connectivity index (χ2n) is 3.74. The number of hydrogen-bond donors (Lipinski definition) is 1. The van der Waals surface area contributed by atoms with Crippen molar-refractivity contribution in [2.24, 2.45) is 0 Å². The molecule has 0 heterocycles. The predicted molar refractivity (Wildman–Crippen MR) is 65.4 cm³/mol. The molecule has 16 heavy (non-hydrogen) atoms. The first-order chi connectivity index (χ1) is 7.61. The van der Waals surface area contributed by atoms with E-state index in [1.807, 2.05) is 0 Å². The van der Waals surface area contributed by atoms with Crippen LogP contribution in [0.5, 0.6) is 0 Å². The Bertz CT molecular complexity index is 355. The summed E-state index contributed by atoms with van der Waals surface area (Å²) in [5.74, 6) is -0.994. The molecule has 0 radical (unpaired) electrons. The van der Waals surface area contributed by atoms with E-state index in [9.17, 15) is 8.78 Å². The number of benzene rings is 1. The second kappa shape index (κ2) is 6.30. The summed E-state index contributed by atoms with van der Waals surface area (Å²) in [7, 11) is 1.72. The van der Waals surface area contributed by atoms with E-state index in [2.05, 4.69) is 28.2 Å². The van der Waals surface area contributed by atoms with Gasteiger partial charge in [-0.3, -0.25) is 0 Å². The topological polar surface area (TPSA) is 12.0 Å². The fourth-order valence-corrected chi connectivity index (χ4v) is 2.05. The summed E-state index contributed by atoms with van der Waals surface area (Å²) in [6.45, 7) is 2.06. The van der Waals surface area contributed by atoms with Crippen LogP contribution in [0.1, 0.15) is 37.8 Å². The molecule has 0 aliphatic rings. The largest absolute Gasteiger partial charge is 0.313 e. The summed E-state index contributed by atoms with van der Waals surface area (Å²) < 4.78 is 27.7. The highest BCUT2D eigenvalue weighted by Gasteiger charge is 2.20. The highest BCUT2D eigenvalue weighted by Crippen LogP contribution is 2.29. The Balaban J connectivity index is 3.03. The minimum atomic E-state index is -0.504. The first-order valence-electron chi connectivity index (χ1n) is 5.42. The molecule has 0 aromatic heterocycles. The van der Waals surface area contributed by atoms with Crippen molar-refractivity contribution in [3.05, 3.63) is 33.8 Å². The molecule has 1 unspecified atom stereocenters. The number of halogens is 3. The van der Waals surface area contributed by atoms with Crippen LogP contribution in [0.15, 0.2) is 16.6 Å². The van der Waals surface area contributed by atoms with E-state index in [-0.39, 0.29) is 11.6 Å². The maximum absolute atomic E-state index is 13.8. The van der Waals surface area contributed by atoms with Crippen molar-refractivity contribution in [2.75, 3.05) is 7.05 Å². The Morgan fingerprint density at radius 3 is 2.62 bits per heavy atom. The third kappa shape index (κ3) is 3.01. The first kappa shape index (κ1) is 13.6. The van der Waals surface area contributed by atoms with Crippen molar-refractivity contribution < 1.29 is 8.78 Å². The average molecular weight is 292 g/mol. The minimum Gasteiger partial charge on any atom is -0.313 e. The van der Waals surface area contributed by atoms with Gasteiger partial charge in [0.05, 0.1) is 4.47 Å². The third-order valence-corrected chi connectivity index (χ3v) is 3.24. The SMILES string of the molecule is CCCCC(NC)c1c(F)ccc(Br)c1F. The molecule has 0 aliphatic heterocycles. The van der Waals surface area contributed by atoms with Gasteiger partial charge in [0.2, 0.25) is 0 Å². The molecule has 1 rings (SSSR count). The lowest BCUT2D eigenvalue weighted by molar-refractivity contribution is 0.458. The molecule has 0 spiro atoms. The van der Waals surface area contributed by atoms with Crippen molar-refractivity contribution in [1.29, 1.82) is 0 Å². The standard InChI is InChI=1S/C12H16BrF2N/c1-3-4-5-10(16-2)11-9(14)7-6-8(13)12(11)15/h6-7,10,16H,3-5H2,1-2H3. The van der Waals surface area contributed by atoms with Gasteiger partial charge < -0.3 is 5.32 Å². The van der Waals surface area contributed by atoms with Gasteiger partial charge in [-0.1, -0.05) is 19.8 Å². The van der Waals surface area contributed by atoms with E-state index in [0.29, 0.717) is 4.47 Å². The summed E-state index contributed by atoms with van der Waals surface area (Å²) in [6, 6.07) is 2.41. The minimum absolute atomic E-state index is 0.130. The highest BCUT2D eigenvalue weighted by molar-refractivity contribution is 9.10. The Morgan fingerprint density at radius 2 is 2.06 bits per heavy atom. The van der Waals surface area contributed by atoms with E-state index < -0.39 is 11.6 Å². The van der Waals surface area contributed by atoms with E-state index in [1.165, 1.54) is 12.1 Å². The lowest BCUT2D eigenvalue weighted by atomic mass is 10.0. The normalized spacial score (nSPS) is 12.8. The van der Waals surface area contributed by atoms with Gasteiger partial charge >= 0.3 is 0 Å². The zero-order valence-corrected chi connectivity index (χ0v) is 11.1. The third-order valence-electron chi connectivity index (χ3n) is 2.62. The van der Waals surface area contributed by atoms with Crippen LogP contribution in [0, 0.1) is 11.6 Å². The smallest absolute Gasteiger partial charge is 0.145 e. The molecular weight excluding hydrogens is 276 g/mol. The molecule has 90 valence electrons. The second-order valence-corrected chi connectivity index (χ2v) is 4.59. The summed E-state index contributed by atoms with van der Waals surface area (Å²) in [5.41, 5.74) is 0.130. The summed E-state index contributed by atoms with van der Waals surface area (Å²) in [4.78, 5) is 0. The summed E-state index contributed by atoms with van der Waals surface area (Å²) >= 11 is 3.08. The molecule has 1 aromatic carbocycles. The highest BCUT2D eigenvalue weighted by atomic mass is 79.9. The molecule has 1 aromatic rings. The van der Waals surface area contributed by atoms with Crippen LogP contribution in [0.2, 0.25) is 0 Å². The van der Waals surface area contributed by atoms with Crippen molar-refractivity contribution in [2.45, 2.75) is 32.2 Å². The Labute approximate surface area is 103 Å². The molecule has 0 aliphatic carbocycles. The van der Waals surface area contributed by atoms with Gasteiger partial charge in [-0.2, -0.15) is 0 Å². The van der Waals surface area contributed by atoms with Crippen LogP contribution in [-0.4, -0.2) is 7.05 Å². The fraction of sp³-hybridized carbons (Fsp3) is 0.500. The van der Waals surface area contributed by atoms with Gasteiger partial charge in [0.15, 0.2) is 0 Å². The zero-order chi connectivity index (χ0) is 12.1. The quantitative estimate of drug-likeness (QED) is 0.803. The van der Waals surface area contributed by atoms with E-state index in [4.69, 9.17) is 0 Å². The van der Waals surface area contributed by atoms with Crippen LogP contribution >= 0.6 is 15.9 Å². The van der Waals surface area contributed by atoms with Crippen LogP contribution in [0.4, 0.5) is 8.78 Å². The molecule has 0 amide bonds. The number of nitrogens with one attached hydrogen (secondary N) is 1. The molecule has 0 saturated carbocycles. The molecule has 1 N–H and O–H groups in total. The number of unbranched alkanes of at least 4 members (excludes halogenated alkanes) is 1. The summed E-state index contributed by atoms with van der Waals surface area (Å²) in [6.07, 6.45) is 2.68.